The van der Waals surface area contributed by atoms with Gasteiger partial charge in [0.1, 0.15) is 0 Å². The van der Waals surface area contributed by atoms with Gasteiger partial charge in [0.25, 0.3) is 0 Å². The SMILES string of the molecule is CC(C)C(=O)N1CCC(NC(=O)Cc2csc(N)n2)CC1. The molecule has 6 nitrogen and oxygen atoms in total. The molecule has 0 radical (unpaired) electrons. The number of nitrogens with one attached hydrogen (secondary N) is 1. The number of hydrogen-bond acceptors (Lipinski definition) is 5. The minimum atomic E-state index is -0.0334. The summed E-state index contributed by atoms with van der Waals surface area (Å²) in [6.07, 6.45) is 1.88. The number of piperidine rings is 1. The number of amides is 2. The fraction of sp³-hybridized carbons (Fsp3) is 0.643. The van der Waals surface area contributed by atoms with Crippen molar-refractivity contribution in [1.29, 1.82) is 0 Å². The average molecular weight is 310 g/mol. The summed E-state index contributed by atoms with van der Waals surface area (Å²) in [5.74, 6) is 0.193. The number of nitrogens with zero attached hydrogens (tertiary/aromatic N) is 2. The lowest BCUT2D eigenvalue weighted by atomic mass is 10.0. The first-order valence-corrected chi connectivity index (χ1v) is 8.11. The van der Waals surface area contributed by atoms with Crippen LogP contribution in [0.3, 0.4) is 0 Å². The molecule has 1 aliphatic rings. The van der Waals surface area contributed by atoms with Crippen molar-refractivity contribution >= 4 is 28.3 Å². The minimum Gasteiger partial charge on any atom is -0.375 e. The van der Waals surface area contributed by atoms with Crippen LogP contribution in [-0.4, -0.2) is 40.8 Å². The van der Waals surface area contributed by atoms with Crippen LogP contribution >= 0.6 is 11.3 Å². The van der Waals surface area contributed by atoms with Crippen LogP contribution in [0.5, 0.6) is 0 Å². The second-order valence-corrected chi connectivity index (χ2v) is 6.57. The molecule has 0 aromatic carbocycles. The Labute approximate surface area is 128 Å². The number of carbonyl (C=O) groups is 2. The van der Waals surface area contributed by atoms with Crippen LogP contribution in [0.25, 0.3) is 0 Å². The summed E-state index contributed by atoms with van der Waals surface area (Å²) in [5.41, 5.74) is 6.26. The van der Waals surface area contributed by atoms with Crippen molar-refractivity contribution in [2.75, 3.05) is 18.8 Å². The standard InChI is InChI=1S/C14H22N4O2S/c1-9(2)13(20)18-5-3-10(4-6-18)16-12(19)7-11-8-21-14(15)17-11/h8-10H,3-7H2,1-2H3,(H2,15,17)(H,16,19). The van der Waals surface area contributed by atoms with Gasteiger partial charge in [0.15, 0.2) is 5.13 Å². The Morgan fingerprint density at radius 2 is 2.14 bits per heavy atom. The Bertz CT molecular complexity index is 507. The molecule has 116 valence electrons. The van der Waals surface area contributed by atoms with Crippen LogP contribution in [-0.2, 0) is 16.0 Å². The molecule has 0 saturated carbocycles. The summed E-state index contributed by atoms with van der Waals surface area (Å²) in [6.45, 7) is 5.25. The molecule has 2 rings (SSSR count). The van der Waals surface area contributed by atoms with Gasteiger partial charge < -0.3 is 16.0 Å². The predicted octanol–water partition coefficient (Wildman–Crippen LogP) is 1.03. The van der Waals surface area contributed by atoms with E-state index >= 15 is 0 Å². The Balaban J connectivity index is 1.75. The molecular formula is C14H22N4O2S. The zero-order valence-electron chi connectivity index (χ0n) is 12.5. The zero-order chi connectivity index (χ0) is 15.4. The van der Waals surface area contributed by atoms with Gasteiger partial charge in [-0.2, -0.15) is 0 Å². The molecule has 1 aromatic heterocycles. The number of likely N-dealkylation sites (tertiary alicyclic amines) is 1. The Hall–Kier alpha value is -1.63. The molecule has 1 fully saturated rings. The Morgan fingerprint density at radius 1 is 1.48 bits per heavy atom. The monoisotopic (exact) mass is 310 g/mol. The van der Waals surface area contributed by atoms with Crippen molar-refractivity contribution in [3.05, 3.63) is 11.1 Å². The summed E-state index contributed by atoms with van der Waals surface area (Å²) in [5, 5.41) is 5.30. The quantitative estimate of drug-likeness (QED) is 0.869. The smallest absolute Gasteiger partial charge is 0.226 e. The highest BCUT2D eigenvalue weighted by Gasteiger charge is 2.25. The van der Waals surface area contributed by atoms with Crippen LogP contribution < -0.4 is 11.1 Å². The maximum Gasteiger partial charge on any atom is 0.226 e. The van der Waals surface area contributed by atoms with Crippen LogP contribution in [0.4, 0.5) is 5.13 Å². The summed E-state index contributed by atoms with van der Waals surface area (Å²) < 4.78 is 0. The van der Waals surface area contributed by atoms with Crippen molar-refractivity contribution in [2.45, 2.75) is 39.2 Å². The van der Waals surface area contributed by atoms with Crippen LogP contribution in [0.1, 0.15) is 32.4 Å². The third-order valence-corrected chi connectivity index (χ3v) is 4.30. The van der Waals surface area contributed by atoms with E-state index in [1.165, 1.54) is 11.3 Å². The molecule has 3 N–H and O–H groups in total. The van der Waals surface area contributed by atoms with E-state index in [2.05, 4.69) is 10.3 Å². The summed E-state index contributed by atoms with van der Waals surface area (Å²) in [7, 11) is 0. The van der Waals surface area contributed by atoms with E-state index in [-0.39, 0.29) is 30.2 Å². The first-order chi connectivity index (χ1) is 9.95. The highest BCUT2D eigenvalue weighted by molar-refractivity contribution is 7.13. The number of aromatic nitrogens is 1. The van der Waals surface area contributed by atoms with Gasteiger partial charge in [-0.25, -0.2) is 4.98 Å². The van der Waals surface area contributed by atoms with E-state index in [0.717, 1.165) is 12.8 Å². The molecule has 21 heavy (non-hydrogen) atoms. The van der Waals surface area contributed by atoms with Crippen molar-refractivity contribution < 1.29 is 9.59 Å². The molecule has 0 aliphatic carbocycles. The topological polar surface area (TPSA) is 88.3 Å². The highest BCUT2D eigenvalue weighted by atomic mass is 32.1. The fourth-order valence-electron chi connectivity index (χ4n) is 2.46. The molecule has 0 atom stereocenters. The Kier molecular flexibility index (Phi) is 5.17. The van der Waals surface area contributed by atoms with Crippen LogP contribution in [0.15, 0.2) is 5.38 Å². The zero-order valence-corrected chi connectivity index (χ0v) is 13.3. The summed E-state index contributed by atoms with van der Waals surface area (Å²) in [6, 6.07) is 0.143. The molecule has 0 bridgehead atoms. The summed E-state index contributed by atoms with van der Waals surface area (Å²) >= 11 is 1.34. The number of anilines is 1. The molecule has 7 heteroatoms. The van der Waals surface area contributed by atoms with Gasteiger partial charge in [0.05, 0.1) is 12.1 Å². The Morgan fingerprint density at radius 3 is 2.67 bits per heavy atom. The van der Waals surface area contributed by atoms with Gasteiger partial charge in [-0.3, -0.25) is 9.59 Å². The first-order valence-electron chi connectivity index (χ1n) is 7.23. The van der Waals surface area contributed by atoms with E-state index in [0.29, 0.717) is 23.9 Å². The van der Waals surface area contributed by atoms with Gasteiger partial charge in [0.2, 0.25) is 11.8 Å². The largest absolute Gasteiger partial charge is 0.375 e. The van der Waals surface area contributed by atoms with Gasteiger partial charge in [0, 0.05) is 30.4 Å². The molecule has 2 amide bonds. The fourth-order valence-corrected chi connectivity index (χ4v) is 3.02. The lowest BCUT2D eigenvalue weighted by Crippen LogP contribution is -2.47. The third kappa shape index (κ3) is 4.42. The number of rotatable bonds is 4. The minimum absolute atomic E-state index is 0.0334. The molecule has 2 heterocycles. The maximum absolute atomic E-state index is 11.9. The van der Waals surface area contributed by atoms with Gasteiger partial charge >= 0.3 is 0 Å². The maximum atomic E-state index is 11.9. The van der Waals surface area contributed by atoms with Crippen LogP contribution in [0, 0.1) is 5.92 Å². The van der Waals surface area contributed by atoms with Crippen molar-refractivity contribution in [3.63, 3.8) is 0 Å². The van der Waals surface area contributed by atoms with E-state index in [4.69, 9.17) is 5.73 Å². The molecule has 0 spiro atoms. The number of hydrogen-bond donors (Lipinski definition) is 2. The molecule has 1 aromatic rings. The second-order valence-electron chi connectivity index (χ2n) is 5.68. The van der Waals surface area contributed by atoms with E-state index in [1.54, 1.807) is 5.38 Å². The van der Waals surface area contributed by atoms with Crippen molar-refractivity contribution in [2.24, 2.45) is 5.92 Å². The molecular weight excluding hydrogens is 288 g/mol. The number of carbonyl (C=O) groups excluding carboxylic acids is 2. The summed E-state index contributed by atoms with van der Waals surface area (Å²) in [4.78, 5) is 29.8. The van der Waals surface area contributed by atoms with E-state index in [9.17, 15) is 9.59 Å². The predicted molar refractivity (Wildman–Crippen MR) is 82.8 cm³/mol. The molecule has 0 unspecified atom stereocenters. The van der Waals surface area contributed by atoms with Crippen molar-refractivity contribution in [1.82, 2.24) is 15.2 Å². The number of nitrogens with two attached hydrogens (primary N) is 1. The second kappa shape index (κ2) is 6.89. The van der Waals surface area contributed by atoms with Gasteiger partial charge in [-0.05, 0) is 12.8 Å². The first kappa shape index (κ1) is 15.8. The van der Waals surface area contributed by atoms with Gasteiger partial charge in [-0.15, -0.1) is 11.3 Å². The molecule has 1 saturated heterocycles. The number of nitrogen functional groups attached to an aromatic ring is 1. The third-order valence-electron chi connectivity index (χ3n) is 3.58. The van der Waals surface area contributed by atoms with Crippen LogP contribution in [0.2, 0.25) is 0 Å². The number of thiazole rings is 1. The average Bonchev–Trinajstić information content (AvgIpc) is 2.83. The highest BCUT2D eigenvalue weighted by Crippen LogP contribution is 2.14. The molecule has 1 aliphatic heterocycles. The van der Waals surface area contributed by atoms with E-state index in [1.807, 2.05) is 18.7 Å². The van der Waals surface area contributed by atoms with E-state index < -0.39 is 0 Å². The van der Waals surface area contributed by atoms with Gasteiger partial charge in [-0.1, -0.05) is 13.8 Å². The lowest BCUT2D eigenvalue weighted by molar-refractivity contribution is -0.135. The van der Waals surface area contributed by atoms with Crippen molar-refractivity contribution in [3.8, 4) is 0 Å². The lowest BCUT2D eigenvalue weighted by Gasteiger charge is -2.33. The normalized spacial score (nSPS) is 16.2.